The summed E-state index contributed by atoms with van der Waals surface area (Å²) in [4.78, 5) is 23.5. The molecule has 21 heavy (non-hydrogen) atoms. The molecule has 0 aliphatic heterocycles. The van der Waals surface area contributed by atoms with Crippen LogP contribution in [-0.4, -0.2) is 23.0 Å². The Hall–Kier alpha value is -2.17. The summed E-state index contributed by atoms with van der Waals surface area (Å²) < 4.78 is 13.3. The molecule has 0 radical (unpaired) electrons. The van der Waals surface area contributed by atoms with Crippen LogP contribution in [0.15, 0.2) is 36.9 Å². The van der Waals surface area contributed by atoms with Crippen LogP contribution in [0, 0.1) is 5.82 Å². The van der Waals surface area contributed by atoms with Crippen LogP contribution in [0.25, 0.3) is 0 Å². The second-order valence-electron chi connectivity index (χ2n) is 5.37. The fourth-order valence-electron chi connectivity index (χ4n) is 1.89. The normalized spacial score (nSPS) is 12.5. The average Bonchev–Trinajstić information content (AvgIpc) is 2.42. The van der Waals surface area contributed by atoms with Gasteiger partial charge in [0.15, 0.2) is 0 Å². The lowest BCUT2D eigenvalue weighted by atomic mass is 9.83. The standard InChI is InChI=1S/C16H20FNO3/c1-4-5-9-13(14(19)20)18-15(21)16(2,3)11-7-6-8-12(17)10-11/h4,6-8,10,13H,1,5,9H2,2-3H3,(H,18,21)(H,19,20). The molecule has 0 aliphatic rings. The van der Waals surface area contributed by atoms with Crippen LogP contribution in [0.4, 0.5) is 4.39 Å². The molecule has 1 unspecified atom stereocenters. The summed E-state index contributed by atoms with van der Waals surface area (Å²) in [7, 11) is 0. The molecule has 2 N–H and O–H groups in total. The van der Waals surface area contributed by atoms with Gasteiger partial charge in [0, 0.05) is 0 Å². The third-order valence-corrected chi connectivity index (χ3v) is 3.38. The van der Waals surface area contributed by atoms with Gasteiger partial charge in [-0.2, -0.15) is 0 Å². The topological polar surface area (TPSA) is 66.4 Å². The van der Waals surface area contributed by atoms with Gasteiger partial charge in [-0.1, -0.05) is 18.2 Å². The van der Waals surface area contributed by atoms with E-state index in [0.29, 0.717) is 12.0 Å². The molecule has 114 valence electrons. The number of carbonyl (C=O) groups excluding carboxylic acids is 1. The minimum Gasteiger partial charge on any atom is -0.480 e. The van der Waals surface area contributed by atoms with Crippen molar-refractivity contribution in [3.05, 3.63) is 48.3 Å². The van der Waals surface area contributed by atoms with E-state index in [1.165, 1.54) is 18.2 Å². The Bertz CT molecular complexity index is 540. The number of carbonyl (C=O) groups is 2. The lowest BCUT2D eigenvalue weighted by Gasteiger charge is -2.26. The molecular weight excluding hydrogens is 273 g/mol. The molecule has 1 aromatic rings. The van der Waals surface area contributed by atoms with E-state index in [1.54, 1.807) is 26.0 Å². The summed E-state index contributed by atoms with van der Waals surface area (Å²) in [5.41, 5.74) is -0.530. The van der Waals surface area contributed by atoms with Gasteiger partial charge in [-0.05, 0) is 44.4 Å². The summed E-state index contributed by atoms with van der Waals surface area (Å²) in [5.74, 6) is -1.99. The first-order valence-electron chi connectivity index (χ1n) is 6.69. The van der Waals surface area contributed by atoms with Crippen molar-refractivity contribution in [1.29, 1.82) is 0 Å². The monoisotopic (exact) mass is 293 g/mol. The van der Waals surface area contributed by atoms with Crippen molar-refractivity contribution in [2.75, 3.05) is 0 Å². The number of halogens is 1. The Kier molecular flexibility index (Phi) is 5.64. The molecule has 1 amide bonds. The zero-order valence-corrected chi connectivity index (χ0v) is 12.2. The van der Waals surface area contributed by atoms with Crippen LogP contribution in [-0.2, 0) is 15.0 Å². The Morgan fingerprint density at radius 3 is 2.67 bits per heavy atom. The maximum atomic E-state index is 13.3. The highest BCUT2D eigenvalue weighted by Gasteiger charge is 2.32. The average molecular weight is 293 g/mol. The van der Waals surface area contributed by atoms with E-state index in [1.807, 2.05) is 0 Å². The largest absolute Gasteiger partial charge is 0.480 e. The third-order valence-electron chi connectivity index (χ3n) is 3.38. The van der Waals surface area contributed by atoms with Gasteiger partial charge in [0.25, 0.3) is 0 Å². The maximum absolute atomic E-state index is 13.3. The van der Waals surface area contributed by atoms with Crippen LogP contribution in [0.3, 0.4) is 0 Å². The molecule has 0 heterocycles. The van der Waals surface area contributed by atoms with E-state index in [-0.39, 0.29) is 6.42 Å². The first-order chi connectivity index (χ1) is 9.78. The maximum Gasteiger partial charge on any atom is 0.326 e. The van der Waals surface area contributed by atoms with Crippen LogP contribution in [0.5, 0.6) is 0 Å². The molecule has 1 aromatic carbocycles. The molecule has 0 saturated carbocycles. The first kappa shape index (κ1) is 16.9. The highest BCUT2D eigenvalue weighted by molar-refractivity contribution is 5.90. The summed E-state index contributed by atoms with van der Waals surface area (Å²) in [6.07, 6.45) is 2.35. The summed E-state index contributed by atoms with van der Waals surface area (Å²) >= 11 is 0. The van der Waals surface area contributed by atoms with Crippen molar-refractivity contribution in [3.8, 4) is 0 Å². The van der Waals surface area contributed by atoms with Gasteiger partial charge >= 0.3 is 5.97 Å². The molecular formula is C16H20FNO3. The Labute approximate surface area is 123 Å². The molecule has 1 rings (SSSR count). The highest BCUT2D eigenvalue weighted by atomic mass is 19.1. The van der Waals surface area contributed by atoms with Crippen molar-refractivity contribution in [2.24, 2.45) is 0 Å². The van der Waals surface area contributed by atoms with E-state index in [2.05, 4.69) is 11.9 Å². The molecule has 4 nitrogen and oxygen atoms in total. The van der Waals surface area contributed by atoms with E-state index in [9.17, 15) is 14.0 Å². The van der Waals surface area contributed by atoms with Crippen molar-refractivity contribution < 1.29 is 19.1 Å². The van der Waals surface area contributed by atoms with E-state index in [4.69, 9.17) is 5.11 Å². The van der Waals surface area contributed by atoms with Crippen LogP contribution in [0.1, 0.15) is 32.3 Å². The molecule has 0 bridgehead atoms. The fraction of sp³-hybridized carbons (Fsp3) is 0.375. The molecule has 0 spiro atoms. The minimum atomic E-state index is -1.10. The van der Waals surface area contributed by atoms with Crippen LogP contribution >= 0.6 is 0 Å². The van der Waals surface area contributed by atoms with Crippen molar-refractivity contribution in [2.45, 2.75) is 38.1 Å². The second kappa shape index (κ2) is 7.02. The number of rotatable bonds is 7. The Morgan fingerprint density at radius 1 is 1.48 bits per heavy atom. The van der Waals surface area contributed by atoms with Gasteiger partial charge in [0.2, 0.25) is 5.91 Å². The smallest absolute Gasteiger partial charge is 0.326 e. The number of carboxylic acids is 1. The summed E-state index contributed by atoms with van der Waals surface area (Å²) in [6.45, 7) is 6.79. The molecule has 5 heteroatoms. The van der Waals surface area contributed by atoms with Gasteiger partial charge in [-0.25, -0.2) is 9.18 Å². The summed E-state index contributed by atoms with van der Waals surface area (Å²) in [5, 5.41) is 11.6. The van der Waals surface area contributed by atoms with Gasteiger partial charge in [-0.15, -0.1) is 6.58 Å². The first-order valence-corrected chi connectivity index (χ1v) is 6.69. The minimum absolute atomic E-state index is 0.268. The second-order valence-corrected chi connectivity index (χ2v) is 5.37. The van der Waals surface area contributed by atoms with Gasteiger partial charge in [0.05, 0.1) is 5.41 Å². The van der Waals surface area contributed by atoms with Crippen LogP contribution in [0.2, 0.25) is 0 Å². The molecule has 0 saturated heterocycles. The van der Waals surface area contributed by atoms with Gasteiger partial charge in [-0.3, -0.25) is 4.79 Å². The van der Waals surface area contributed by atoms with Gasteiger partial charge in [0.1, 0.15) is 11.9 Å². The number of allylic oxidation sites excluding steroid dienone is 1. The number of amides is 1. The predicted molar refractivity (Wildman–Crippen MR) is 78.4 cm³/mol. The van der Waals surface area contributed by atoms with E-state index in [0.717, 1.165) is 0 Å². The number of carboxylic acid groups (broad SMARTS) is 1. The zero-order valence-electron chi connectivity index (χ0n) is 12.2. The predicted octanol–water partition coefficient (Wildman–Crippen LogP) is 2.64. The van der Waals surface area contributed by atoms with Gasteiger partial charge < -0.3 is 10.4 Å². The molecule has 0 fully saturated rings. The third kappa shape index (κ3) is 4.41. The zero-order chi connectivity index (χ0) is 16.0. The molecule has 0 aliphatic carbocycles. The summed E-state index contributed by atoms with van der Waals surface area (Å²) in [6, 6.07) is 4.75. The lowest BCUT2D eigenvalue weighted by Crippen LogP contribution is -2.48. The Morgan fingerprint density at radius 2 is 2.14 bits per heavy atom. The Balaban J connectivity index is 2.89. The van der Waals surface area contributed by atoms with Crippen molar-refractivity contribution in [3.63, 3.8) is 0 Å². The van der Waals surface area contributed by atoms with Crippen LogP contribution < -0.4 is 5.32 Å². The van der Waals surface area contributed by atoms with E-state index >= 15 is 0 Å². The van der Waals surface area contributed by atoms with Crippen molar-refractivity contribution in [1.82, 2.24) is 5.32 Å². The number of aliphatic carboxylic acids is 1. The van der Waals surface area contributed by atoms with E-state index < -0.39 is 29.2 Å². The fourth-order valence-corrected chi connectivity index (χ4v) is 1.89. The molecule has 0 aromatic heterocycles. The molecule has 1 atom stereocenters. The highest BCUT2D eigenvalue weighted by Crippen LogP contribution is 2.24. The number of hydrogen-bond donors (Lipinski definition) is 2. The number of hydrogen-bond acceptors (Lipinski definition) is 2. The quantitative estimate of drug-likeness (QED) is 0.759. The van der Waals surface area contributed by atoms with Crippen molar-refractivity contribution >= 4 is 11.9 Å². The SMILES string of the molecule is C=CCCC(NC(=O)C(C)(C)c1cccc(F)c1)C(=O)O. The lowest BCUT2D eigenvalue weighted by molar-refractivity contribution is -0.142. The number of nitrogens with one attached hydrogen (secondary N) is 1. The number of benzene rings is 1.